The van der Waals surface area contributed by atoms with E-state index < -0.39 is 0 Å². The maximum atomic E-state index is 5.48. The topological polar surface area (TPSA) is 48.9 Å². The highest BCUT2D eigenvalue weighted by Gasteiger charge is 2.22. The number of guanidine groups is 1. The maximum absolute atomic E-state index is 5.48. The van der Waals surface area contributed by atoms with Crippen molar-refractivity contribution in [2.75, 3.05) is 39.9 Å². The Kier molecular flexibility index (Phi) is 8.79. The van der Waals surface area contributed by atoms with Gasteiger partial charge in [0, 0.05) is 38.8 Å². The predicted octanol–water partition coefficient (Wildman–Crippen LogP) is 1.94. The number of ether oxygens (including phenoxy) is 1. The molecule has 1 aliphatic heterocycles. The summed E-state index contributed by atoms with van der Waals surface area (Å²) >= 11 is 0. The molecular formula is C17H36N4O. The molecule has 1 fully saturated rings. The average Bonchev–Trinajstić information content (AvgIpc) is 2.50. The van der Waals surface area contributed by atoms with Crippen molar-refractivity contribution in [3.63, 3.8) is 0 Å². The lowest BCUT2D eigenvalue weighted by molar-refractivity contribution is 0.0132. The van der Waals surface area contributed by atoms with Gasteiger partial charge in [-0.1, -0.05) is 27.7 Å². The summed E-state index contributed by atoms with van der Waals surface area (Å²) in [7, 11) is 1.84. The number of morpholine rings is 1. The minimum atomic E-state index is 0.415. The Morgan fingerprint density at radius 2 is 1.77 bits per heavy atom. The van der Waals surface area contributed by atoms with Crippen molar-refractivity contribution in [1.82, 2.24) is 15.5 Å². The molecule has 0 bridgehead atoms. The van der Waals surface area contributed by atoms with Crippen LogP contribution in [-0.4, -0.2) is 62.8 Å². The fourth-order valence-electron chi connectivity index (χ4n) is 2.64. The van der Waals surface area contributed by atoms with E-state index in [0.717, 1.165) is 38.8 Å². The van der Waals surface area contributed by atoms with E-state index in [0.29, 0.717) is 23.9 Å². The highest BCUT2D eigenvalue weighted by molar-refractivity contribution is 5.79. The standard InChI is InChI=1S/C17H36N4O/c1-13(2)11-16(21-7-9-22-10-8-21)12-19-17(18-6)20-15(5)14(3)4/h13-16H,7-12H2,1-6H3,(H2,18,19,20). The zero-order valence-corrected chi connectivity index (χ0v) is 15.4. The first-order chi connectivity index (χ1) is 10.4. The van der Waals surface area contributed by atoms with Gasteiger partial charge in [-0.25, -0.2) is 0 Å². The van der Waals surface area contributed by atoms with Crippen LogP contribution >= 0.6 is 0 Å². The predicted molar refractivity (Wildman–Crippen MR) is 94.4 cm³/mol. The van der Waals surface area contributed by atoms with Crippen LogP contribution < -0.4 is 10.6 Å². The van der Waals surface area contributed by atoms with E-state index >= 15 is 0 Å². The first-order valence-electron chi connectivity index (χ1n) is 8.73. The second-order valence-corrected chi connectivity index (χ2v) is 7.06. The average molecular weight is 313 g/mol. The third kappa shape index (κ3) is 6.97. The van der Waals surface area contributed by atoms with Crippen molar-refractivity contribution >= 4 is 5.96 Å². The third-order valence-electron chi connectivity index (χ3n) is 4.40. The molecule has 0 radical (unpaired) electrons. The third-order valence-corrected chi connectivity index (χ3v) is 4.40. The Morgan fingerprint density at radius 1 is 1.14 bits per heavy atom. The molecule has 0 aromatic heterocycles. The van der Waals surface area contributed by atoms with Gasteiger partial charge < -0.3 is 15.4 Å². The van der Waals surface area contributed by atoms with Crippen LogP contribution in [0.5, 0.6) is 0 Å². The molecular weight excluding hydrogens is 276 g/mol. The van der Waals surface area contributed by atoms with Gasteiger partial charge in [0.1, 0.15) is 0 Å². The molecule has 0 spiro atoms. The summed E-state index contributed by atoms with van der Waals surface area (Å²) in [4.78, 5) is 6.91. The van der Waals surface area contributed by atoms with Gasteiger partial charge in [0.15, 0.2) is 5.96 Å². The number of hydrogen-bond acceptors (Lipinski definition) is 3. The molecule has 22 heavy (non-hydrogen) atoms. The van der Waals surface area contributed by atoms with E-state index in [9.17, 15) is 0 Å². The van der Waals surface area contributed by atoms with E-state index in [1.165, 1.54) is 6.42 Å². The van der Waals surface area contributed by atoms with Crippen LogP contribution in [0.25, 0.3) is 0 Å². The molecule has 5 heteroatoms. The summed E-state index contributed by atoms with van der Waals surface area (Å²) in [6, 6.07) is 0.954. The van der Waals surface area contributed by atoms with Gasteiger partial charge in [-0.2, -0.15) is 0 Å². The molecule has 130 valence electrons. The van der Waals surface area contributed by atoms with Gasteiger partial charge in [-0.05, 0) is 25.2 Å². The van der Waals surface area contributed by atoms with Crippen LogP contribution in [0.3, 0.4) is 0 Å². The minimum Gasteiger partial charge on any atom is -0.379 e. The van der Waals surface area contributed by atoms with Crippen LogP contribution in [0, 0.1) is 11.8 Å². The van der Waals surface area contributed by atoms with Gasteiger partial charge >= 0.3 is 0 Å². The lowest BCUT2D eigenvalue weighted by Gasteiger charge is -2.36. The quantitative estimate of drug-likeness (QED) is 0.557. The molecule has 2 atom stereocenters. The highest BCUT2D eigenvalue weighted by Crippen LogP contribution is 2.13. The van der Waals surface area contributed by atoms with Gasteiger partial charge in [-0.15, -0.1) is 0 Å². The van der Waals surface area contributed by atoms with E-state index in [4.69, 9.17) is 4.74 Å². The van der Waals surface area contributed by atoms with Crippen molar-refractivity contribution in [3.05, 3.63) is 0 Å². The molecule has 1 saturated heterocycles. The monoisotopic (exact) mass is 312 g/mol. The zero-order valence-electron chi connectivity index (χ0n) is 15.4. The lowest BCUT2D eigenvalue weighted by Crippen LogP contribution is -2.52. The molecule has 0 saturated carbocycles. The second kappa shape index (κ2) is 10.1. The summed E-state index contributed by atoms with van der Waals surface area (Å²) in [6.45, 7) is 15.9. The summed E-state index contributed by atoms with van der Waals surface area (Å²) < 4.78 is 5.48. The van der Waals surface area contributed by atoms with Gasteiger partial charge in [0.05, 0.1) is 13.2 Å². The van der Waals surface area contributed by atoms with Crippen LogP contribution in [0.4, 0.5) is 0 Å². The number of hydrogen-bond donors (Lipinski definition) is 2. The first kappa shape index (κ1) is 19.2. The summed E-state index contributed by atoms with van der Waals surface area (Å²) in [5.74, 6) is 2.19. The Hall–Kier alpha value is -0.810. The molecule has 2 unspecified atom stereocenters. The van der Waals surface area contributed by atoms with Crippen molar-refractivity contribution < 1.29 is 4.74 Å². The first-order valence-corrected chi connectivity index (χ1v) is 8.73. The van der Waals surface area contributed by atoms with E-state index in [-0.39, 0.29) is 0 Å². The largest absolute Gasteiger partial charge is 0.379 e. The zero-order chi connectivity index (χ0) is 16.5. The Morgan fingerprint density at radius 3 is 2.27 bits per heavy atom. The molecule has 0 aromatic rings. The van der Waals surface area contributed by atoms with Crippen LogP contribution in [0.1, 0.15) is 41.0 Å². The SMILES string of the molecule is CN=C(NCC(CC(C)C)N1CCOCC1)NC(C)C(C)C. The smallest absolute Gasteiger partial charge is 0.191 e. The molecule has 5 nitrogen and oxygen atoms in total. The van der Waals surface area contributed by atoms with Gasteiger partial charge in [0.2, 0.25) is 0 Å². The maximum Gasteiger partial charge on any atom is 0.191 e. The summed E-state index contributed by atoms with van der Waals surface area (Å²) in [6.07, 6.45) is 1.20. The fourth-order valence-corrected chi connectivity index (χ4v) is 2.64. The van der Waals surface area contributed by atoms with E-state index in [2.05, 4.69) is 55.1 Å². The van der Waals surface area contributed by atoms with Crippen molar-refractivity contribution in [2.45, 2.75) is 53.1 Å². The Bertz CT molecular complexity index is 325. The van der Waals surface area contributed by atoms with Crippen molar-refractivity contribution in [1.29, 1.82) is 0 Å². The fraction of sp³-hybridized carbons (Fsp3) is 0.941. The number of rotatable bonds is 7. The Balaban J connectivity index is 2.53. The molecule has 1 rings (SSSR count). The van der Waals surface area contributed by atoms with E-state index in [1.54, 1.807) is 0 Å². The van der Waals surface area contributed by atoms with Gasteiger partial charge in [0.25, 0.3) is 0 Å². The summed E-state index contributed by atoms with van der Waals surface area (Å²) in [5.41, 5.74) is 0. The van der Waals surface area contributed by atoms with Crippen LogP contribution in [-0.2, 0) is 4.74 Å². The molecule has 0 aromatic carbocycles. The number of nitrogens with zero attached hydrogens (tertiary/aromatic N) is 2. The van der Waals surface area contributed by atoms with E-state index in [1.807, 2.05) is 7.05 Å². The molecule has 2 N–H and O–H groups in total. The highest BCUT2D eigenvalue weighted by atomic mass is 16.5. The molecule has 0 aliphatic carbocycles. The lowest BCUT2D eigenvalue weighted by atomic mass is 10.0. The van der Waals surface area contributed by atoms with Crippen molar-refractivity contribution in [2.24, 2.45) is 16.8 Å². The normalized spacial score (nSPS) is 20.3. The van der Waals surface area contributed by atoms with Crippen LogP contribution in [0.2, 0.25) is 0 Å². The van der Waals surface area contributed by atoms with Gasteiger partial charge in [-0.3, -0.25) is 9.89 Å². The summed E-state index contributed by atoms with van der Waals surface area (Å²) in [5, 5.41) is 6.99. The number of nitrogens with one attached hydrogen (secondary N) is 2. The minimum absolute atomic E-state index is 0.415. The molecule has 0 amide bonds. The Labute approximate surface area is 136 Å². The number of aliphatic imine (C=N–C) groups is 1. The van der Waals surface area contributed by atoms with Crippen molar-refractivity contribution in [3.8, 4) is 0 Å². The van der Waals surface area contributed by atoms with Crippen LogP contribution in [0.15, 0.2) is 4.99 Å². The molecule has 1 heterocycles. The molecule has 1 aliphatic rings. The second-order valence-electron chi connectivity index (χ2n) is 7.06.